The van der Waals surface area contributed by atoms with Gasteiger partial charge in [0.1, 0.15) is 6.54 Å². The van der Waals surface area contributed by atoms with Gasteiger partial charge >= 0.3 is 0 Å². The molecule has 2 aromatic heterocycles. The van der Waals surface area contributed by atoms with Crippen LogP contribution in [0.3, 0.4) is 0 Å². The quantitative estimate of drug-likeness (QED) is 0.636. The number of carbonyl (C=O) groups excluding carboxylic acids is 1. The van der Waals surface area contributed by atoms with Gasteiger partial charge in [0.25, 0.3) is 0 Å². The minimum Gasteiger partial charge on any atom is -0.347 e. The normalized spacial score (nSPS) is 12.1. The summed E-state index contributed by atoms with van der Waals surface area (Å²) in [5.74, 6) is 0.593. The molecular weight excluding hydrogens is 352 g/mol. The van der Waals surface area contributed by atoms with Gasteiger partial charge in [0.2, 0.25) is 5.91 Å². The number of benzene rings is 1. The van der Waals surface area contributed by atoms with Crippen LogP contribution in [0.15, 0.2) is 41.8 Å². The van der Waals surface area contributed by atoms with Crippen molar-refractivity contribution in [2.45, 2.75) is 32.9 Å². The van der Waals surface area contributed by atoms with Crippen LogP contribution in [0.1, 0.15) is 29.8 Å². The van der Waals surface area contributed by atoms with E-state index in [0.29, 0.717) is 10.6 Å². The summed E-state index contributed by atoms with van der Waals surface area (Å²) in [5, 5.41) is 12.2. The molecule has 0 radical (unpaired) electrons. The molecule has 0 fully saturated rings. The van der Waals surface area contributed by atoms with Crippen molar-refractivity contribution in [1.29, 1.82) is 0 Å². The Kier molecular flexibility index (Phi) is 5.45. The summed E-state index contributed by atoms with van der Waals surface area (Å²) >= 11 is 6.96. The number of aromatic amines is 1. The second-order valence-electron chi connectivity index (χ2n) is 5.85. The Bertz CT molecular complexity index is 894. The van der Waals surface area contributed by atoms with Gasteiger partial charge < -0.3 is 5.32 Å². The van der Waals surface area contributed by atoms with Gasteiger partial charge in [-0.05, 0) is 37.0 Å². The SMILES string of the molecule is CCC(NC(=O)Cn1c(-c2ccc(C)cc2)n[nH]c1=S)c1cccs1. The van der Waals surface area contributed by atoms with Crippen LogP contribution < -0.4 is 5.32 Å². The molecule has 1 aromatic carbocycles. The van der Waals surface area contributed by atoms with Gasteiger partial charge in [-0.3, -0.25) is 14.5 Å². The molecule has 0 aliphatic heterocycles. The topological polar surface area (TPSA) is 62.7 Å². The Hall–Kier alpha value is -2.25. The molecule has 0 saturated heterocycles. The number of aryl methyl sites for hydroxylation is 1. The molecule has 7 heteroatoms. The van der Waals surface area contributed by atoms with Crippen LogP contribution in [0.25, 0.3) is 11.4 Å². The van der Waals surface area contributed by atoms with Gasteiger partial charge in [-0.15, -0.1) is 11.3 Å². The van der Waals surface area contributed by atoms with Crippen molar-refractivity contribution in [3.8, 4) is 11.4 Å². The third-order valence-electron chi connectivity index (χ3n) is 4.00. The van der Waals surface area contributed by atoms with Crippen LogP contribution in [0.4, 0.5) is 0 Å². The third kappa shape index (κ3) is 4.05. The lowest BCUT2D eigenvalue weighted by molar-refractivity contribution is -0.122. The summed E-state index contributed by atoms with van der Waals surface area (Å²) in [5.41, 5.74) is 2.10. The zero-order valence-corrected chi connectivity index (χ0v) is 15.8. The van der Waals surface area contributed by atoms with Crippen LogP contribution in [-0.4, -0.2) is 20.7 Å². The molecule has 1 atom stereocenters. The van der Waals surface area contributed by atoms with Crippen LogP contribution in [0, 0.1) is 11.7 Å². The molecule has 0 spiro atoms. The van der Waals surface area contributed by atoms with Gasteiger partial charge in [-0.25, -0.2) is 0 Å². The van der Waals surface area contributed by atoms with Crippen LogP contribution in [0.2, 0.25) is 0 Å². The smallest absolute Gasteiger partial charge is 0.240 e. The van der Waals surface area contributed by atoms with E-state index in [2.05, 4.69) is 22.4 Å². The number of carbonyl (C=O) groups is 1. The van der Waals surface area contributed by atoms with E-state index in [1.165, 1.54) is 5.56 Å². The van der Waals surface area contributed by atoms with Gasteiger partial charge in [-0.1, -0.05) is 42.8 Å². The molecule has 2 heterocycles. The number of hydrogen-bond donors (Lipinski definition) is 2. The maximum Gasteiger partial charge on any atom is 0.240 e. The van der Waals surface area contributed by atoms with Gasteiger partial charge in [0.15, 0.2) is 10.6 Å². The molecular formula is C18H20N4OS2. The fourth-order valence-corrected chi connectivity index (χ4v) is 3.69. The van der Waals surface area contributed by atoms with Crippen molar-refractivity contribution in [2.75, 3.05) is 0 Å². The van der Waals surface area contributed by atoms with Crippen LogP contribution in [-0.2, 0) is 11.3 Å². The molecule has 5 nitrogen and oxygen atoms in total. The number of hydrogen-bond acceptors (Lipinski definition) is 4. The van der Waals surface area contributed by atoms with Gasteiger partial charge in [0.05, 0.1) is 6.04 Å². The maximum absolute atomic E-state index is 12.5. The highest BCUT2D eigenvalue weighted by molar-refractivity contribution is 7.71. The summed E-state index contributed by atoms with van der Waals surface area (Å²) in [6, 6.07) is 12.1. The van der Waals surface area contributed by atoms with E-state index in [0.717, 1.165) is 16.9 Å². The lowest BCUT2D eigenvalue weighted by Crippen LogP contribution is -2.31. The Morgan fingerprint density at radius 2 is 2.12 bits per heavy atom. The molecule has 0 aliphatic rings. The van der Waals surface area contributed by atoms with Gasteiger partial charge in [-0.2, -0.15) is 5.10 Å². The van der Waals surface area contributed by atoms with E-state index >= 15 is 0 Å². The number of amides is 1. The first kappa shape index (κ1) is 17.6. The number of aromatic nitrogens is 3. The van der Waals surface area contributed by atoms with E-state index in [9.17, 15) is 4.79 Å². The Morgan fingerprint density at radius 1 is 1.36 bits per heavy atom. The third-order valence-corrected chi connectivity index (χ3v) is 5.30. The number of nitrogens with zero attached hydrogens (tertiary/aromatic N) is 2. The minimum absolute atomic E-state index is 0.0244. The van der Waals surface area contributed by atoms with Crippen molar-refractivity contribution in [2.24, 2.45) is 0 Å². The fourth-order valence-electron chi connectivity index (χ4n) is 2.63. The monoisotopic (exact) mass is 372 g/mol. The van der Waals surface area contributed by atoms with Crippen molar-refractivity contribution < 1.29 is 4.79 Å². The number of thiophene rings is 1. The lowest BCUT2D eigenvalue weighted by atomic mass is 10.1. The molecule has 0 saturated carbocycles. The number of nitrogens with one attached hydrogen (secondary N) is 2. The first-order valence-electron chi connectivity index (χ1n) is 8.13. The predicted molar refractivity (Wildman–Crippen MR) is 103 cm³/mol. The second-order valence-corrected chi connectivity index (χ2v) is 7.21. The van der Waals surface area contributed by atoms with E-state index < -0.39 is 0 Å². The summed E-state index contributed by atoms with van der Waals surface area (Å²) in [7, 11) is 0. The second kappa shape index (κ2) is 7.76. The van der Waals surface area contributed by atoms with E-state index in [1.807, 2.05) is 48.7 Å². The van der Waals surface area contributed by atoms with E-state index in [1.54, 1.807) is 15.9 Å². The largest absolute Gasteiger partial charge is 0.347 e. The molecule has 1 amide bonds. The summed E-state index contributed by atoms with van der Waals surface area (Å²) < 4.78 is 2.17. The molecule has 25 heavy (non-hydrogen) atoms. The Balaban J connectivity index is 1.78. The maximum atomic E-state index is 12.5. The first-order chi connectivity index (χ1) is 12.1. The highest BCUT2D eigenvalue weighted by Crippen LogP contribution is 2.22. The highest BCUT2D eigenvalue weighted by atomic mass is 32.1. The summed E-state index contributed by atoms with van der Waals surface area (Å²) in [6.07, 6.45) is 0.841. The van der Waals surface area contributed by atoms with E-state index in [4.69, 9.17) is 12.2 Å². The zero-order chi connectivity index (χ0) is 17.8. The molecule has 0 bridgehead atoms. The average molecular weight is 373 g/mol. The summed E-state index contributed by atoms with van der Waals surface area (Å²) in [6.45, 7) is 4.23. The standard InChI is InChI=1S/C18H20N4OS2/c1-3-14(15-5-4-10-25-15)19-16(23)11-22-17(20-21-18(22)24)13-8-6-12(2)7-9-13/h4-10,14H,3,11H2,1-2H3,(H,19,23)(H,21,24). The number of rotatable bonds is 6. The average Bonchev–Trinajstić information content (AvgIpc) is 3.25. The number of H-pyrrole nitrogens is 1. The lowest BCUT2D eigenvalue weighted by Gasteiger charge is -2.16. The molecule has 1 unspecified atom stereocenters. The van der Waals surface area contributed by atoms with Crippen molar-refractivity contribution in [1.82, 2.24) is 20.1 Å². The van der Waals surface area contributed by atoms with Crippen molar-refractivity contribution in [3.05, 3.63) is 57.0 Å². The first-order valence-corrected chi connectivity index (χ1v) is 9.42. The van der Waals surface area contributed by atoms with Crippen molar-refractivity contribution in [3.63, 3.8) is 0 Å². The fraction of sp³-hybridized carbons (Fsp3) is 0.278. The van der Waals surface area contributed by atoms with Gasteiger partial charge in [0, 0.05) is 10.4 Å². The molecule has 2 N–H and O–H groups in total. The predicted octanol–water partition coefficient (Wildman–Crippen LogP) is 4.25. The Labute approximate surface area is 155 Å². The molecule has 3 rings (SSSR count). The molecule has 130 valence electrons. The highest BCUT2D eigenvalue weighted by Gasteiger charge is 2.16. The minimum atomic E-state index is -0.0777. The van der Waals surface area contributed by atoms with Crippen molar-refractivity contribution >= 4 is 29.5 Å². The Morgan fingerprint density at radius 3 is 2.76 bits per heavy atom. The molecule has 0 aliphatic carbocycles. The molecule has 3 aromatic rings. The van der Waals surface area contributed by atoms with E-state index in [-0.39, 0.29) is 18.5 Å². The zero-order valence-electron chi connectivity index (χ0n) is 14.2. The summed E-state index contributed by atoms with van der Waals surface area (Å²) in [4.78, 5) is 13.7. The van der Waals surface area contributed by atoms with Crippen LogP contribution in [0.5, 0.6) is 0 Å². The van der Waals surface area contributed by atoms with Crippen LogP contribution >= 0.6 is 23.6 Å².